The number of rotatable bonds is 6. The van der Waals surface area contributed by atoms with E-state index in [1.807, 2.05) is 24.3 Å². The van der Waals surface area contributed by atoms with E-state index < -0.39 is 0 Å². The molecule has 1 aromatic rings. The van der Waals surface area contributed by atoms with Crippen LogP contribution in [0.1, 0.15) is 26.7 Å². The van der Waals surface area contributed by atoms with E-state index in [1.54, 1.807) is 7.11 Å². The Balaban J connectivity index is 2.37. The molecule has 1 rings (SSSR count). The minimum atomic E-state index is -0.0809. The van der Waals surface area contributed by atoms with Crippen LogP contribution in [-0.2, 0) is 0 Å². The summed E-state index contributed by atoms with van der Waals surface area (Å²) in [5.41, 5.74) is 6.88. The van der Waals surface area contributed by atoms with Crippen molar-refractivity contribution in [2.24, 2.45) is 5.73 Å². The van der Waals surface area contributed by atoms with Gasteiger partial charge in [-0.05, 0) is 38.8 Å². The maximum atomic E-state index is 5.92. The van der Waals surface area contributed by atoms with Crippen LogP contribution in [0, 0.1) is 0 Å². The number of hydrogen-bond donors (Lipinski definition) is 2. The van der Waals surface area contributed by atoms with E-state index in [0.29, 0.717) is 0 Å². The van der Waals surface area contributed by atoms with Gasteiger partial charge >= 0.3 is 0 Å². The van der Waals surface area contributed by atoms with Crippen LogP contribution in [0.25, 0.3) is 0 Å². The lowest BCUT2D eigenvalue weighted by molar-refractivity contribution is 0.416. The molecular weight excluding hydrogens is 200 g/mol. The number of benzene rings is 1. The number of anilines is 1. The molecule has 0 aliphatic heterocycles. The molecule has 0 saturated carbocycles. The number of para-hydroxylation sites is 2. The lowest BCUT2D eigenvalue weighted by Gasteiger charge is -2.18. The van der Waals surface area contributed by atoms with Crippen molar-refractivity contribution in [3.05, 3.63) is 24.3 Å². The summed E-state index contributed by atoms with van der Waals surface area (Å²) in [6.45, 7) is 5.02. The topological polar surface area (TPSA) is 47.3 Å². The van der Waals surface area contributed by atoms with Gasteiger partial charge in [0.2, 0.25) is 0 Å². The summed E-state index contributed by atoms with van der Waals surface area (Å²) in [5.74, 6) is 0.884. The number of methoxy groups -OCH3 is 1. The van der Waals surface area contributed by atoms with Gasteiger partial charge in [-0.3, -0.25) is 0 Å². The third-order valence-corrected chi connectivity index (χ3v) is 2.42. The second-order valence-corrected chi connectivity index (χ2v) is 4.72. The molecule has 1 aromatic carbocycles. The Morgan fingerprint density at radius 2 is 2.00 bits per heavy atom. The molecule has 0 aliphatic carbocycles. The van der Waals surface area contributed by atoms with Gasteiger partial charge in [0.15, 0.2) is 0 Å². The smallest absolute Gasteiger partial charge is 0.141 e. The zero-order valence-electron chi connectivity index (χ0n) is 10.4. The van der Waals surface area contributed by atoms with Crippen LogP contribution in [0.3, 0.4) is 0 Å². The first-order chi connectivity index (χ1) is 7.53. The Labute approximate surface area is 98.0 Å². The minimum absolute atomic E-state index is 0.0809. The summed E-state index contributed by atoms with van der Waals surface area (Å²) in [5, 5.41) is 3.36. The molecule has 0 spiro atoms. The molecule has 0 radical (unpaired) electrons. The number of nitrogens with two attached hydrogens (primary N) is 1. The van der Waals surface area contributed by atoms with Crippen LogP contribution in [0.5, 0.6) is 5.75 Å². The first kappa shape index (κ1) is 12.8. The second-order valence-electron chi connectivity index (χ2n) is 4.72. The predicted octanol–water partition coefficient (Wildman–Crippen LogP) is 2.62. The van der Waals surface area contributed by atoms with Gasteiger partial charge in [0, 0.05) is 12.1 Å². The van der Waals surface area contributed by atoms with Crippen molar-refractivity contribution in [1.82, 2.24) is 0 Å². The van der Waals surface area contributed by atoms with E-state index in [1.165, 1.54) is 0 Å². The van der Waals surface area contributed by atoms with Crippen molar-refractivity contribution in [3.63, 3.8) is 0 Å². The third kappa shape index (κ3) is 4.53. The molecule has 0 heterocycles. The van der Waals surface area contributed by atoms with Gasteiger partial charge in [0.05, 0.1) is 12.8 Å². The fraction of sp³-hybridized carbons (Fsp3) is 0.538. The van der Waals surface area contributed by atoms with Crippen LogP contribution in [-0.4, -0.2) is 19.2 Å². The van der Waals surface area contributed by atoms with Crippen molar-refractivity contribution in [2.45, 2.75) is 32.2 Å². The predicted molar refractivity (Wildman–Crippen MR) is 69.0 cm³/mol. The van der Waals surface area contributed by atoms with E-state index in [0.717, 1.165) is 30.8 Å². The summed E-state index contributed by atoms with van der Waals surface area (Å²) < 4.78 is 5.26. The molecule has 0 amide bonds. The highest BCUT2D eigenvalue weighted by Crippen LogP contribution is 2.23. The maximum absolute atomic E-state index is 5.92. The summed E-state index contributed by atoms with van der Waals surface area (Å²) in [4.78, 5) is 0. The lowest BCUT2D eigenvalue weighted by atomic mass is 10.0. The molecular formula is C13H22N2O. The average molecular weight is 222 g/mol. The molecule has 3 heteroatoms. The Bertz CT molecular complexity index is 318. The van der Waals surface area contributed by atoms with Gasteiger partial charge in [-0.1, -0.05) is 12.1 Å². The summed E-state index contributed by atoms with van der Waals surface area (Å²) in [6, 6.07) is 7.94. The van der Waals surface area contributed by atoms with Gasteiger partial charge in [-0.2, -0.15) is 0 Å². The fourth-order valence-electron chi connectivity index (χ4n) is 1.56. The molecule has 0 unspecified atom stereocenters. The highest BCUT2D eigenvalue weighted by molar-refractivity contribution is 5.55. The Morgan fingerprint density at radius 1 is 1.31 bits per heavy atom. The normalized spacial score (nSPS) is 11.2. The summed E-state index contributed by atoms with van der Waals surface area (Å²) in [6.07, 6.45) is 2.07. The van der Waals surface area contributed by atoms with Gasteiger partial charge in [0.25, 0.3) is 0 Å². The van der Waals surface area contributed by atoms with E-state index in [2.05, 4.69) is 19.2 Å². The average Bonchev–Trinajstić information content (AvgIpc) is 2.23. The number of ether oxygens (including phenoxy) is 1. The van der Waals surface area contributed by atoms with Crippen molar-refractivity contribution >= 4 is 5.69 Å². The summed E-state index contributed by atoms with van der Waals surface area (Å²) in [7, 11) is 1.68. The van der Waals surface area contributed by atoms with E-state index in [-0.39, 0.29) is 5.54 Å². The van der Waals surface area contributed by atoms with Crippen LogP contribution in [0.2, 0.25) is 0 Å². The standard InChI is InChI=1S/C13H22N2O/c1-13(2,14)9-6-10-15-11-7-4-5-8-12(11)16-3/h4-5,7-8,15H,6,9-10,14H2,1-3H3. The van der Waals surface area contributed by atoms with Gasteiger partial charge in [0.1, 0.15) is 5.75 Å². The van der Waals surface area contributed by atoms with E-state index >= 15 is 0 Å². The quantitative estimate of drug-likeness (QED) is 0.727. The molecule has 16 heavy (non-hydrogen) atoms. The van der Waals surface area contributed by atoms with Crippen molar-refractivity contribution in [3.8, 4) is 5.75 Å². The SMILES string of the molecule is COc1ccccc1NCCCC(C)(C)N. The number of nitrogens with one attached hydrogen (secondary N) is 1. The zero-order valence-corrected chi connectivity index (χ0v) is 10.4. The molecule has 0 aromatic heterocycles. The molecule has 0 bridgehead atoms. The molecule has 0 aliphatic rings. The Hall–Kier alpha value is -1.22. The van der Waals surface area contributed by atoms with Crippen molar-refractivity contribution in [2.75, 3.05) is 19.0 Å². The number of hydrogen-bond acceptors (Lipinski definition) is 3. The van der Waals surface area contributed by atoms with Crippen LogP contribution >= 0.6 is 0 Å². The fourth-order valence-corrected chi connectivity index (χ4v) is 1.56. The molecule has 3 nitrogen and oxygen atoms in total. The second kappa shape index (κ2) is 5.75. The zero-order chi connectivity index (χ0) is 12.0. The third-order valence-electron chi connectivity index (χ3n) is 2.42. The molecule has 0 atom stereocenters. The summed E-state index contributed by atoms with van der Waals surface area (Å²) >= 11 is 0. The van der Waals surface area contributed by atoms with Gasteiger partial charge in [-0.15, -0.1) is 0 Å². The highest BCUT2D eigenvalue weighted by atomic mass is 16.5. The molecule has 0 fully saturated rings. The van der Waals surface area contributed by atoms with Crippen LogP contribution in [0.15, 0.2) is 24.3 Å². The highest BCUT2D eigenvalue weighted by Gasteiger charge is 2.09. The van der Waals surface area contributed by atoms with Crippen molar-refractivity contribution < 1.29 is 4.74 Å². The largest absolute Gasteiger partial charge is 0.495 e. The monoisotopic (exact) mass is 222 g/mol. The first-order valence-corrected chi connectivity index (χ1v) is 5.69. The van der Waals surface area contributed by atoms with Gasteiger partial charge in [-0.25, -0.2) is 0 Å². The van der Waals surface area contributed by atoms with Crippen LogP contribution < -0.4 is 15.8 Å². The minimum Gasteiger partial charge on any atom is -0.495 e. The Morgan fingerprint density at radius 3 is 2.62 bits per heavy atom. The van der Waals surface area contributed by atoms with Crippen LogP contribution in [0.4, 0.5) is 5.69 Å². The maximum Gasteiger partial charge on any atom is 0.141 e. The van der Waals surface area contributed by atoms with Crippen molar-refractivity contribution in [1.29, 1.82) is 0 Å². The molecule has 3 N–H and O–H groups in total. The molecule has 0 saturated heterocycles. The molecule has 90 valence electrons. The first-order valence-electron chi connectivity index (χ1n) is 5.69. The lowest BCUT2D eigenvalue weighted by Crippen LogP contribution is -2.32. The van der Waals surface area contributed by atoms with Gasteiger partial charge < -0.3 is 15.8 Å². The van der Waals surface area contributed by atoms with E-state index in [4.69, 9.17) is 10.5 Å². The Kier molecular flexibility index (Phi) is 4.62. The van der Waals surface area contributed by atoms with E-state index in [9.17, 15) is 0 Å².